The topological polar surface area (TPSA) is 20.3 Å². The highest BCUT2D eigenvalue weighted by atomic mass is 79.9. The van der Waals surface area contributed by atoms with Gasteiger partial charge in [-0.1, -0.05) is 35.0 Å². The van der Waals surface area contributed by atoms with Gasteiger partial charge in [0.25, 0.3) is 0 Å². The Hall–Kier alpha value is -0.970. The van der Waals surface area contributed by atoms with E-state index in [1.807, 2.05) is 31.3 Å². The fourth-order valence-corrected chi connectivity index (χ4v) is 3.14. The van der Waals surface area contributed by atoms with Gasteiger partial charge in [-0.25, -0.2) is 0 Å². The van der Waals surface area contributed by atoms with E-state index in [4.69, 9.17) is 0 Å². The third kappa shape index (κ3) is 4.27. The van der Waals surface area contributed by atoms with Crippen LogP contribution in [0.3, 0.4) is 0 Å². The number of Topliss-reactive ketones (excluding diaryl/α,β-unsaturated/α-hetero) is 1. The van der Waals surface area contributed by atoms with Gasteiger partial charge in [-0.15, -0.1) is 11.3 Å². The van der Waals surface area contributed by atoms with Crippen LogP contribution in [0.15, 0.2) is 40.9 Å². The first-order valence-corrected chi connectivity index (χ1v) is 8.24. The molecule has 0 N–H and O–H groups in total. The lowest BCUT2D eigenvalue weighted by molar-refractivity contribution is 0.0947. The van der Waals surface area contributed by atoms with Gasteiger partial charge in [-0.05, 0) is 43.3 Å². The van der Waals surface area contributed by atoms with Crippen LogP contribution in [0.2, 0.25) is 0 Å². The molecule has 0 spiro atoms. The molecule has 1 aromatic carbocycles. The normalized spacial score (nSPS) is 11.0. The second-order valence-corrected chi connectivity index (χ2v) is 6.93. The van der Waals surface area contributed by atoms with E-state index in [0.717, 1.165) is 22.3 Å². The van der Waals surface area contributed by atoms with Crippen LogP contribution in [0.4, 0.5) is 0 Å². The lowest BCUT2D eigenvalue weighted by Gasteiger charge is -2.15. The van der Waals surface area contributed by atoms with Crippen molar-refractivity contribution < 1.29 is 4.79 Å². The molecule has 0 amide bonds. The van der Waals surface area contributed by atoms with Gasteiger partial charge in [0.15, 0.2) is 5.78 Å². The fourth-order valence-electron chi connectivity index (χ4n) is 2.00. The van der Waals surface area contributed by atoms with Gasteiger partial charge in [-0.3, -0.25) is 9.69 Å². The van der Waals surface area contributed by atoms with Crippen molar-refractivity contribution in [2.45, 2.75) is 19.9 Å². The van der Waals surface area contributed by atoms with Gasteiger partial charge in [0.05, 0.1) is 11.4 Å². The summed E-state index contributed by atoms with van der Waals surface area (Å²) in [5, 5.41) is 0. The molecule has 0 unspecified atom stereocenters. The first-order valence-electron chi connectivity index (χ1n) is 6.63. The van der Waals surface area contributed by atoms with Crippen LogP contribution in [0.25, 0.3) is 0 Å². The number of hydrogen-bond acceptors (Lipinski definition) is 3. The Labute approximate surface area is 132 Å². The molecule has 2 rings (SSSR count). The number of carbonyl (C=O) groups is 1. The number of benzene rings is 1. The maximum Gasteiger partial charge on any atom is 0.186 e. The van der Waals surface area contributed by atoms with Crippen LogP contribution in [0, 0.1) is 0 Å². The number of rotatable bonds is 6. The molecule has 2 nitrogen and oxygen atoms in total. The number of carbonyl (C=O) groups excluding carboxylic acids is 1. The van der Waals surface area contributed by atoms with Crippen molar-refractivity contribution in [3.63, 3.8) is 0 Å². The Morgan fingerprint density at radius 2 is 1.90 bits per heavy atom. The first kappa shape index (κ1) is 15.4. The van der Waals surface area contributed by atoms with Crippen molar-refractivity contribution in [2.24, 2.45) is 0 Å². The molecule has 0 radical (unpaired) electrons. The summed E-state index contributed by atoms with van der Waals surface area (Å²) in [6.45, 7) is 3.35. The Morgan fingerprint density at radius 3 is 2.50 bits per heavy atom. The molecule has 0 aliphatic heterocycles. The van der Waals surface area contributed by atoms with Crippen LogP contribution in [-0.4, -0.2) is 24.3 Å². The van der Waals surface area contributed by atoms with Crippen molar-refractivity contribution in [3.8, 4) is 0 Å². The van der Waals surface area contributed by atoms with Crippen LogP contribution < -0.4 is 0 Å². The smallest absolute Gasteiger partial charge is 0.186 e. The number of hydrogen-bond donors (Lipinski definition) is 0. The monoisotopic (exact) mass is 351 g/mol. The summed E-state index contributed by atoms with van der Waals surface area (Å²) >= 11 is 5.03. The van der Waals surface area contributed by atoms with E-state index in [2.05, 4.69) is 39.9 Å². The third-order valence-corrected chi connectivity index (χ3v) is 4.86. The van der Waals surface area contributed by atoms with Crippen molar-refractivity contribution in [2.75, 3.05) is 13.6 Å². The van der Waals surface area contributed by atoms with E-state index in [0.29, 0.717) is 6.54 Å². The van der Waals surface area contributed by atoms with Crippen molar-refractivity contribution in [1.29, 1.82) is 0 Å². The minimum absolute atomic E-state index is 0.203. The lowest BCUT2D eigenvalue weighted by Crippen LogP contribution is -2.25. The van der Waals surface area contributed by atoms with Gasteiger partial charge in [0.2, 0.25) is 0 Å². The largest absolute Gasteiger partial charge is 0.295 e. The molecule has 1 aromatic heterocycles. The Balaban J connectivity index is 1.92. The highest BCUT2D eigenvalue weighted by molar-refractivity contribution is 9.10. The minimum Gasteiger partial charge on any atom is -0.295 e. The number of nitrogens with zero attached hydrogens (tertiary/aromatic N) is 1. The molecule has 1 heterocycles. The van der Waals surface area contributed by atoms with Gasteiger partial charge >= 0.3 is 0 Å². The van der Waals surface area contributed by atoms with E-state index in [-0.39, 0.29) is 5.78 Å². The second-order valence-electron chi connectivity index (χ2n) is 4.84. The van der Waals surface area contributed by atoms with E-state index in [1.54, 1.807) is 11.3 Å². The van der Waals surface area contributed by atoms with E-state index in [1.165, 1.54) is 10.4 Å². The fraction of sp³-hybridized carbons (Fsp3) is 0.312. The number of thiophene rings is 1. The maximum absolute atomic E-state index is 12.2. The Kier molecular flexibility index (Phi) is 5.52. The average molecular weight is 352 g/mol. The van der Waals surface area contributed by atoms with E-state index < -0.39 is 0 Å². The summed E-state index contributed by atoms with van der Waals surface area (Å²) in [6, 6.07) is 12.2. The molecule has 2 aromatic rings. The van der Waals surface area contributed by atoms with Crippen LogP contribution >= 0.6 is 27.3 Å². The molecule has 0 saturated heterocycles. The number of halogens is 1. The SMILES string of the molecule is CCc1ccc(C(=O)CN(C)Cc2ccc(Br)cc2)s1. The average Bonchev–Trinajstić information content (AvgIpc) is 2.90. The molecule has 20 heavy (non-hydrogen) atoms. The lowest BCUT2D eigenvalue weighted by atomic mass is 10.2. The zero-order valence-electron chi connectivity index (χ0n) is 11.7. The minimum atomic E-state index is 0.203. The summed E-state index contributed by atoms with van der Waals surface area (Å²) in [4.78, 5) is 16.4. The zero-order valence-corrected chi connectivity index (χ0v) is 14.1. The van der Waals surface area contributed by atoms with Crippen molar-refractivity contribution in [3.05, 3.63) is 56.2 Å². The van der Waals surface area contributed by atoms with Crippen LogP contribution in [0.1, 0.15) is 27.0 Å². The molecular weight excluding hydrogens is 334 g/mol. The Morgan fingerprint density at radius 1 is 1.20 bits per heavy atom. The molecule has 0 fully saturated rings. The number of ketones is 1. The summed E-state index contributed by atoms with van der Waals surface area (Å²) in [6.07, 6.45) is 0.993. The maximum atomic E-state index is 12.2. The number of aryl methyl sites for hydroxylation is 1. The molecule has 4 heteroatoms. The first-order chi connectivity index (χ1) is 9.58. The van der Waals surface area contributed by atoms with Crippen molar-refractivity contribution >= 4 is 33.0 Å². The predicted molar refractivity (Wildman–Crippen MR) is 88.5 cm³/mol. The number of likely N-dealkylation sites (N-methyl/N-ethyl adjacent to an activating group) is 1. The van der Waals surface area contributed by atoms with Gasteiger partial charge in [0, 0.05) is 15.9 Å². The summed E-state index contributed by atoms with van der Waals surface area (Å²) in [7, 11) is 1.98. The molecule has 0 aliphatic rings. The zero-order chi connectivity index (χ0) is 14.5. The summed E-state index contributed by atoms with van der Waals surface area (Å²) in [5.41, 5.74) is 1.21. The second kappa shape index (κ2) is 7.16. The predicted octanol–water partition coefficient (Wildman–Crippen LogP) is 4.39. The summed E-state index contributed by atoms with van der Waals surface area (Å²) < 4.78 is 1.07. The van der Waals surface area contributed by atoms with Crippen LogP contribution in [-0.2, 0) is 13.0 Å². The quantitative estimate of drug-likeness (QED) is 0.719. The standard InChI is InChI=1S/C16H18BrNOS/c1-3-14-8-9-16(20-14)15(19)11-18(2)10-12-4-6-13(17)7-5-12/h4-9H,3,10-11H2,1-2H3. The molecule has 106 valence electrons. The third-order valence-electron chi connectivity index (χ3n) is 3.06. The van der Waals surface area contributed by atoms with Crippen LogP contribution in [0.5, 0.6) is 0 Å². The van der Waals surface area contributed by atoms with Gasteiger partial charge in [0.1, 0.15) is 0 Å². The van der Waals surface area contributed by atoms with Gasteiger partial charge in [-0.2, -0.15) is 0 Å². The highest BCUT2D eigenvalue weighted by Crippen LogP contribution is 2.18. The molecule has 0 atom stereocenters. The Bertz CT molecular complexity index is 576. The molecule has 0 bridgehead atoms. The molecular formula is C16H18BrNOS. The van der Waals surface area contributed by atoms with E-state index >= 15 is 0 Å². The van der Waals surface area contributed by atoms with Crippen molar-refractivity contribution in [1.82, 2.24) is 4.90 Å². The van der Waals surface area contributed by atoms with Gasteiger partial charge < -0.3 is 0 Å². The highest BCUT2D eigenvalue weighted by Gasteiger charge is 2.12. The molecule has 0 saturated carbocycles. The molecule has 0 aliphatic carbocycles. The van der Waals surface area contributed by atoms with E-state index in [9.17, 15) is 4.79 Å². The summed E-state index contributed by atoms with van der Waals surface area (Å²) in [5.74, 6) is 0.203.